The molecule has 2 N–H and O–H groups in total. The van der Waals surface area contributed by atoms with Crippen molar-refractivity contribution in [2.24, 2.45) is 0 Å². The minimum atomic E-state index is 0.662. The quantitative estimate of drug-likeness (QED) is 0.656. The lowest BCUT2D eigenvalue weighted by molar-refractivity contribution is 0.340. The highest BCUT2D eigenvalue weighted by atomic mass is 16.5. The number of ether oxygens (including phenoxy) is 1. The van der Waals surface area contributed by atoms with Crippen molar-refractivity contribution in [3.8, 4) is 5.75 Å². The Labute approximate surface area is 67.0 Å². The SMILES string of the molecule is CCOc1c(C)cccc1N. The van der Waals surface area contributed by atoms with Gasteiger partial charge in [-0.25, -0.2) is 0 Å². The molecule has 11 heavy (non-hydrogen) atoms. The molecule has 0 aliphatic heterocycles. The highest BCUT2D eigenvalue weighted by Crippen LogP contribution is 2.24. The predicted octanol–water partition coefficient (Wildman–Crippen LogP) is 1.98. The van der Waals surface area contributed by atoms with Gasteiger partial charge in [0.15, 0.2) is 0 Å². The third kappa shape index (κ3) is 1.64. The van der Waals surface area contributed by atoms with Crippen molar-refractivity contribution in [1.29, 1.82) is 0 Å². The fraction of sp³-hybridized carbons (Fsp3) is 0.333. The van der Waals surface area contributed by atoms with Gasteiger partial charge in [-0.05, 0) is 25.5 Å². The van der Waals surface area contributed by atoms with E-state index in [0.29, 0.717) is 12.3 Å². The molecule has 1 aromatic rings. The summed E-state index contributed by atoms with van der Waals surface area (Å²) >= 11 is 0. The molecule has 60 valence electrons. The van der Waals surface area contributed by atoms with Gasteiger partial charge in [-0.3, -0.25) is 0 Å². The lowest BCUT2D eigenvalue weighted by Crippen LogP contribution is -1.98. The number of benzene rings is 1. The average molecular weight is 151 g/mol. The van der Waals surface area contributed by atoms with Crippen molar-refractivity contribution in [3.63, 3.8) is 0 Å². The summed E-state index contributed by atoms with van der Waals surface area (Å²) in [7, 11) is 0. The Kier molecular flexibility index (Phi) is 2.36. The number of anilines is 1. The van der Waals surface area contributed by atoms with E-state index >= 15 is 0 Å². The van der Waals surface area contributed by atoms with Crippen LogP contribution in [0.5, 0.6) is 5.75 Å². The van der Waals surface area contributed by atoms with Crippen LogP contribution in [0.4, 0.5) is 5.69 Å². The molecule has 0 saturated heterocycles. The zero-order valence-corrected chi connectivity index (χ0v) is 6.92. The molecule has 1 rings (SSSR count). The van der Waals surface area contributed by atoms with Gasteiger partial charge in [-0.1, -0.05) is 12.1 Å². The summed E-state index contributed by atoms with van der Waals surface area (Å²) in [4.78, 5) is 0. The number of nitrogens with two attached hydrogens (primary N) is 1. The number of hydrogen-bond donors (Lipinski definition) is 1. The minimum absolute atomic E-state index is 0.662. The normalized spacial score (nSPS) is 9.64. The molecule has 0 amide bonds. The molecule has 0 aliphatic carbocycles. The highest BCUT2D eigenvalue weighted by Gasteiger charge is 2.00. The number of hydrogen-bond acceptors (Lipinski definition) is 2. The number of aryl methyl sites for hydroxylation is 1. The Hall–Kier alpha value is -1.18. The van der Waals surface area contributed by atoms with Crippen LogP contribution in [0.1, 0.15) is 12.5 Å². The summed E-state index contributed by atoms with van der Waals surface area (Å²) in [5, 5.41) is 0. The molecule has 1 aromatic carbocycles. The topological polar surface area (TPSA) is 35.2 Å². The molecule has 2 nitrogen and oxygen atoms in total. The van der Waals surface area contributed by atoms with Gasteiger partial charge < -0.3 is 10.5 Å². The fourth-order valence-corrected chi connectivity index (χ4v) is 1.02. The van der Waals surface area contributed by atoms with Crippen LogP contribution in [-0.4, -0.2) is 6.61 Å². The van der Waals surface area contributed by atoms with Gasteiger partial charge in [-0.15, -0.1) is 0 Å². The van der Waals surface area contributed by atoms with E-state index in [2.05, 4.69) is 0 Å². The van der Waals surface area contributed by atoms with Crippen LogP contribution in [-0.2, 0) is 0 Å². The molecule has 0 unspecified atom stereocenters. The van der Waals surface area contributed by atoms with E-state index in [-0.39, 0.29) is 0 Å². The van der Waals surface area contributed by atoms with Crippen molar-refractivity contribution >= 4 is 5.69 Å². The van der Waals surface area contributed by atoms with Crippen molar-refractivity contribution < 1.29 is 4.74 Å². The van der Waals surface area contributed by atoms with Crippen LogP contribution in [0.2, 0.25) is 0 Å². The zero-order chi connectivity index (χ0) is 8.27. The monoisotopic (exact) mass is 151 g/mol. The van der Waals surface area contributed by atoms with Crippen molar-refractivity contribution in [1.82, 2.24) is 0 Å². The maximum absolute atomic E-state index is 5.68. The first-order valence-corrected chi connectivity index (χ1v) is 3.73. The summed E-state index contributed by atoms with van der Waals surface area (Å²) in [6, 6.07) is 5.76. The van der Waals surface area contributed by atoms with Crippen LogP contribution < -0.4 is 10.5 Å². The lowest BCUT2D eigenvalue weighted by Gasteiger charge is -2.08. The molecule has 0 heterocycles. The molecule has 0 bridgehead atoms. The Balaban J connectivity index is 3.00. The molecule has 0 spiro atoms. The van der Waals surface area contributed by atoms with Crippen LogP contribution >= 0.6 is 0 Å². The maximum atomic E-state index is 5.68. The number of rotatable bonds is 2. The summed E-state index contributed by atoms with van der Waals surface area (Å²) in [6.07, 6.45) is 0. The Morgan fingerprint density at radius 2 is 2.18 bits per heavy atom. The molecule has 0 fully saturated rings. The first kappa shape index (κ1) is 7.92. The summed E-state index contributed by atoms with van der Waals surface area (Å²) in [5.41, 5.74) is 7.49. The maximum Gasteiger partial charge on any atom is 0.145 e. The zero-order valence-electron chi connectivity index (χ0n) is 6.92. The molecular weight excluding hydrogens is 138 g/mol. The predicted molar refractivity (Wildman–Crippen MR) is 46.8 cm³/mol. The van der Waals surface area contributed by atoms with E-state index in [9.17, 15) is 0 Å². The number of nitrogen functional groups attached to an aromatic ring is 1. The molecule has 2 heteroatoms. The smallest absolute Gasteiger partial charge is 0.145 e. The summed E-state index contributed by atoms with van der Waals surface area (Å²) in [6.45, 7) is 4.60. The second kappa shape index (κ2) is 3.28. The largest absolute Gasteiger partial charge is 0.491 e. The van der Waals surface area contributed by atoms with Crippen molar-refractivity contribution in [2.75, 3.05) is 12.3 Å². The van der Waals surface area contributed by atoms with Gasteiger partial charge in [0.2, 0.25) is 0 Å². The van der Waals surface area contributed by atoms with E-state index < -0.39 is 0 Å². The second-order valence-electron chi connectivity index (χ2n) is 2.43. The first-order chi connectivity index (χ1) is 5.25. The highest BCUT2D eigenvalue weighted by molar-refractivity contribution is 5.56. The molecule has 0 radical (unpaired) electrons. The molecule has 0 atom stereocenters. The van der Waals surface area contributed by atoms with Crippen LogP contribution in [0.25, 0.3) is 0 Å². The van der Waals surface area contributed by atoms with E-state index in [1.165, 1.54) is 0 Å². The lowest BCUT2D eigenvalue weighted by atomic mass is 10.2. The van der Waals surface area contributed by atoms with Crippen LogP contribution in [0.3, 0.4) is 0 Å². The first-order valence-electron chi connectivity index (χ1n) is 3.73. The number of para-hydroxylation sites is 1. The Morgan fingerprint density at radius 1 is 1.45 bits per heavy atom. The Morgan fingerprint density at radius 3 is 2.73 bits per heavy atom. The van der Waals surface area contributed by atoms with E-state index in [1.54, 1.807) is 0 Å². The van der Waals surface area contributed by atoms with Gasteiger partial charge in [0, 0.05) is 0 Å². The second-order valence-corrected chi connectivity index (χ2v) is 2.43. The standard InChI is InChI=1S/C9H13NO/c1-3-11-9-7(2)5-4-6-8(9)10/h4-6H,3,10H2,1-2H3. The van der Waals surface area contributed by atoms with E-state index in [1.807, 2.05) is 32.0 Å². The van der Waals surface area contributed by atoms with Gasteiger partial charge in [0.25, 0.3) is 0 Å². The van der Waals surface area contributed by atoms with E-state index in [4.69, 9.17) is 10.5 Å². The average Bonchev–Trinajstić information content (AvgIpc) is 1.97. The fourth-order valence-electron chi connectivity index (χ4n) is 1.02. The molecule has 0 saturated carbocycles. The summed E-state index contributed by atoms with van der Waals surface area (Å²) in [5.74, 6) is 0.815. The Bertz CT molecular complexity index is 225. The third-order valence-electron chi connectivity index (χ3n) is 1.53. The van der Waals surface area contributed by atoms with Gasteiger partial charge in [0.1, 0.15) is 5.75 Å². The van der Waals surface area contributed by atoms with E-state index in [0.717, 1.165) is 11.3 Å². The molecule has 0 aromatic heterocycles. The minimum Gasteiger partial charge on any atom is -0.491 e. The van der Waals surface area contributed by atoms with Gasteiger partial charge in [0.05, 0.1) is 12.3 Å². The summed E-state index contributed by atoms with van der Waals surface area (Å²) < 4.78 is 5.34. The van der Waals surface area contributed by atoms with Crippen molar-refractivity contribution in [2.45, 2.75) is 13.8 Å². The van der Waals surface area contributed by atoms with Crippen LogP contribution in [0, 0.1) is 6.92 Å². The van der Waals surface area contributed by atoms with Crippen LogP contribution in [0.15, 0.2) is 18.2 Å². The van der Waals surface area contributed by atoms with Gasteiger partial charge >= 0.3 is 0 Å². The van der Waals surface area contributed by atoms with Gasteiger partial charge in [-0.2, -0.15) is 0 Å². The molecule has 0 aliphatic rings. The molecular formula is C9H13NO. The van der Waals surface area contributed by atoms with Crippen molar-refractivity contribution in [3.05, 3.63) is 23.8 Å². The third-order valence-corrected chi connectivity index (χ3v) is 1.53.